The monoisotopic (exact) mass is 584 g/mol. The summed E-state index contributed by atoms with van der Waals surface area (Å²) in [4.78, 5) is 35.0. The second-order valence-corrected chi connectivity index (χ2v) is 12.8. The lowest BCUT2D eigenvalue weighted by molar-refractivity contribution is -0.134. The summed E-state index contributed by atoms with van der Waals surface area (Å²) in [7, 11) is -3.01. The molecule has 2 N–H and O–H groups in total. The van der Waals surface area contributed by atoms with Crippen LogP contribution in [0.4, 0.5) is 4.39 Å². The molecule has 3 fully saturated rings. The number of carbonyl (C=O) groups excluding carboxylic acids is 2. The van der Waals surface area contributed by atoms with Gasteiger partial charge in [0, 0.05) is 42.2 Å². The Morgan fingerprint density at radius 2 is 1.85 bits per heavy atom. The van der Waals surface area contributed by atoms with E-state index in [-0.39, 0.29) is 66.9 Å². The highest BCUT2D eigenvalue weighted by molar-refractivity contribution is 7.92. The molecule has 2 aliphatic heterocycles. The number of halogens is 1. The quantitative estimate of drug-likeness (QED) is 0.393. The zero-order chi connectivity index (χ0) is 28.7. The summed E-state index contributed by atoms with van der Waals surface area (Å²) >= 11 is 0. The van der Waals surface area contributed by atoms with Gasteiger partial charge in [-0.15, -0.1) is 0 Å². The average Bonchev–Trinajstić information content (AvgIpc) is 3.61. The Morgan fingerprint density at radius 3 is 2.51 bits per heavy atom. The first-order chi connectivity index (χ1) is 19.6. The molecule has 41 heavy (non-hydrogen) atoms. The number of ether oxygens (including phenoxy) is 2. The minimum absolute atomic E-state index is 0.0210. The third-order valence-corrected chi connectivity index (χ3v) is 9.16. The fourth-order valence-corrected chi connectivity index (χ4v) is 6.25. The Morgan fingerprint density at radius 1 is 1.05 bits per heavy atom. The van der Waals surface area contributed by atoms with Gasteiger partial charge in [0.15, 0.2) is 16.0 Å². The molecule has 2 unspecified atom stereocenters. The van der Waals surface area contributed by atoms with Crippen molar-refractivity contribution in [3.8, 4) is 22.8 Å². The molecule has 3 aliphatic rings. The van der Waals surface area contributed by atoms with Crippen molar-refractivity contribution in [3.05, 3.63) is 54.2 Å². The van der Waals surface area contributed by atoms with Crippen molar-refractivity contribution in [2.24, 2.45) is 5.73 Å². The van der Waals surface area contributed by atoms with Crippen LogP contribution in [0, 0.1) is 0 Å². The molecule has 6 rings (SSSR count). The second-order valence-electron chi connectivity index (χ2n) is 10.7. The van der Waals surface area contributed by atoms with Crippen LogP contribution in [0.25, 0.3) is 11.1 Å². The van der Waals surface area contributed by atoms with E-state index in [1.54, 1.807) is 35.4 Å². The normalized spacial score (nSPS) is 22.1. The molecule has 2 saturated heterocycles. The summed E-state index contributed by atoms with van der Waals surface area (Å²) in [5, 5.41) is 4.23. The average molecular weight is 585 g/mol. The molecule has 0 bridgehead atoms. The third kappa shape index (κ3) is 6.16. The molecular weight excluding hydrogens is 555 g/mol. The number of pyridine rings is 2. The van der Waals surface area contributed by atoms with Crippen LogP contribution in [-0.4, -0.2) is 87.9 Å². The van der Waals surface area contributed by atoms with Crippen molar-refractivity contribution in [1.29, 1.82) is 0 Å². The number of alkyl halides is 1. The lowest BCUT2D eigenvalue weighted by Gasteiger charge is -2.34. The number of carbonyl (C=O) groups is 2. The molecule has 14 heteroatoms. The standard InChI is InChI=1S/C27H29FN6O6S/c28-23-13-33(25(35)8-18-1-2-21(11-30-18)39-20-3-4-20)6-5-24(23)40-27-22(26(29)36)7-16(9-31-27)17-10-32-34(12-17)19-14-41(37,38)15-19/h1-2,7,9-12,19-20,23-24H,3-6,8,13-15H2,(H2,29,36). The molecule has 12 nitrogen and oxygen atoms in total. The van der Waals surface area contributed by atoms with Crippen molar-refractivity contribution in [3.63, 3.8) is 0 Å². The van der Waals surface area contributed by atoms with E-state index in [2.05, 4.69) is 15.1 Å². The van der Waals surface area contributed by atoms with Crippen LogP contribution >= 0.6 is 0 Å². The molecule has 0 spiro atoms. The molecule has 1 aliphatic carbocycles. The van der Waals surface area contributed by atoms with Crippen LogP contribution in [0.5, 0.6) is 11.6 Å². The molecule has 3 aromatic heterocycles. The van der Waals surface area contributed by atoms with Gasteiger partial charge in [-0.3, -0.25) is 19.3 Å². The van der Waals surface area contributed by atoms with Gasteiger partial charge in [0.25, 0.3) is 5.91 Å². The number of sulfone groups is 1. The number of primary amides is 1. The number of likely N-dealkylation sites (tertiary alicyclic amines) is 1. The summed E-state index contributed by atoms with van der Waals surface area (Å²) in [5.41, 5.74) is 7.27. The molecule has 5 heterocycles. The maximum atomic E-state index is 15.2. The summed E-state index contributed by atoms with van der Waals surface area (Å²) < 4.78 is 51.2. The Bertz CT molecular complexity index is 1560. The largest absolute Gasteiger partial charge is 0.489 e. The Labute approximate surface area is 235 Å². The molecule has 2 atom stereocenters. The first kappa shape index (κ1) is 27.1. The predicted octanol–water partition coefficient (Wildman–Crippen LogP) is 1.51. The summed E-state index contributed by atoms with van der Waals surface area (Å²) in [6, 6.07) is 4.78. The fraction of sp³-hybridized carbons (Fsp3) is 0.444. The van der Waals surface area contributed by atoms with Gasteiger partial charge in [0.1, 0.15) is 17.4 Å². The highest BCUT2D eigenvalue weighted by Gasteiger charge is 2.36. The van der Waals surface area contributed by atoms with Crippen molar-refractivity contribution in [2.45, 2.75) is 50.1 Å². The molecule has 2 amide bonds. The molecule has 216 valence electrons. The smallest absolute Gasteiger partial charge is 0.254 e. The lowest BCUT2D eigenvalue weighted by Crippen LogP contribution is -2.49. The molecule has 0 radical (unpaired) electrons. The van der Waals surface area contributed by atoms with Crippen molar-refractivity contribution < 1.29 is 31.9 Å². The minimum Gasteiger partial charge on any atom is -0.489 e. The third-order valence-electron chi connectivity index (χ3n) is 7.37. The van der Waals surface area contributed by atoms with Gasteiger partial charge in [-0.2, -0.15) is 5.10 Å². The minimum atomic E-state index is -3.01. The zero-order valence-electron chi connectivity index (χ0n) is 22.1. The maximum absolute atomic E-state index is 15.2. The van der Waals surface area contributed by atoms with Crippen molar-refractivity contribution in [2.75, 3.05) is 24.6 Å². The van der Waals surface area contributed by atoms with Gasteiger partial charge in [0.2, 0.25) is 11.8 Å². The van der Waals surface area contributed by atoms with Crippen LogP contribution in [0.3, 0.4) is 0 Å². The van der Waals surface area contributed by atoms with Gasteiger partial charge in [-0.25, -0.2) is 17.8 Å². The van der Waals surface area contributed by atoms with Crippen LogP contribution < -0.4 is 15.2 Å². The number of hydrogen-bond acceptors (Lipinski definition) is 9. The number of nitrogens with zero attached hydrogens (tertiary/aromatic N) is 5. The highest BCUT2D eigenvalue weighted by atomic mass is 32.2. The highest BCUT2D eigenvalue weighted by Crippen LogP contribution is 2.30. The van der Waals surface area contributed by atoms with Gasteiger partial charge >= 0.3 is 0 Å². The van der Waals surface area contributed by atoms with E-state index in [1.807, 2.05) is 0 Å². The summed E-state index contributed by atoms with van der Waals surface area (Å²) in [6.07, 6.45) is 6.44. The zero-order valence-corrected chi connectivity index (χ0v) is 22.9. The number of rotatable bonds is 9. The first-order valence-electron chi connectivity index (χ1n) is 13.4. The Balaban J connectivity index is 1.07. The van der Waals surface area contributed by atoms with Crippen molar-refractivity contribution in [1.82, 2.24) is 24.6 Å². The molecular formula is C27H29FN6O6S. The Hall–Kier alpha value is -4.07. The predicted molar refractivity (Wildman–Crippen MR) is 144 cm³/mol. The number of piperidine rings is 1. The van der Waals surface area contributed by atoms with Crippen LogP contribution in [0.1, 0.15) is 41.4 Å². The lowest BCUT2D eigenvalue weighted by atomic mass is 10.0. The van der Waals surface area contributed by atoms with Gasteiger partial charge < -0.3 is 20.1 Å². The van der Waals surface area contributed by atoms with Crippen LogP contribution in [-0.2, 0) is 21.1 Å². The maximum Gasteiger partial charge on any atom is 0.254 e. The molecule has 1 saturated carbocycles. The van der Waals surface area contributed by atoms with E-state index in [4.69, 9.17) is 15.2 Å². The molecule has 3 aromatic rings. The number of amides is 2. The van der Waals surface area contributed by atoms with Gasteiger partial charge in [-0.1, -0.05) is 0 Å². The van der Waals surface area contributed by atoms with Crippen LogP contribution in [0.15, 0.2) is 43.0 Å². The number of aromatic nitrogens is 4. The van der Waals surface area contributed by atoms with Gasteiger partial charge in [-0.05, 0) is 31.0 Å². The summed E-state index contributed by atoms with van der Waals surface area (Å²) in [6.45, 7) is 0.110. The number of nitrogens with two attached hydrogens (primary N) is 1. The van der Waals surface area contributed by atoms with E-state index in [0.29, 0.717) is 22.6 Å². The van der Waals surface area contributed by atoms with Crippen molar-refractivity contribution >= 4 is 21.7 Å². The van der Waals surface area contributed by atoms with E-state index in [0.717, 1.165) is 12.8 Å². The fourth-order valence-electron chi connectivity index (χ4n) is 4.87. The summed E-state index contributed by atoms with van der Waals surface area (Å²) in [5.74, 6) is -0.404. The second kappa shape index (κ2) is 10.7. The van der Waals surface area contributed by atoms with Crippen LogP contribution in [0.2, 0.25) is 0 Å². The number of hydrogen-bond donors (Lipinski definition) is 1. The van der Waals surface area contributed by atoms with Gasteiger partial charge in [0.05, 0.1) is 49.0 Å². The SMILES string of the molecule is NC(=O)c1cc(-c2cnn(C3CS(=O)(=O)C3)c2)cnc1OC1CCN(C(=O)Cc2ccc(OC3CC3)cn2)CC1F. The van der Waals surface area contributed by atoms with E-state index in [1.165, 1.54) is 17.2 Å². The van der Waals surface area contributed by atoms with E-state index in [9.17, 15) is 18.0 Å². The molecule has 0 aromatic carbocycles. The van der Waals surface area contributed by atoms with E-state index < -0.39 is 28.0 Å². The van der Waals surface area contributed by atoms with E-state index >= 15 is 4.39 Å². The first-order valence-corrected chi connectivity index (χ1v) is 15.2. The topological polar surface area (TPSA) is 160 Å². The Kier molecular flexibility index (Phi) is 7.09.